The standard InChI is InChI=1S/C12H22NO2.C10H20N.Co.O/c1-9(14)15-10-7-11(2,3)13(6)12(4,5)8-10;1-9(2)7-6-8-10(3,4)11(9)5;;/h10H,1,7-8H2,2-6H3;6H,7-8H2,1-5H3;;/q2*-1;;. The van der Waals surface area contributed by atoms with Crippen molar-refractivity contribution in [2.24, 2.45) is 0 Å². The van der Waals surface area contributed by atoms with Crippen molar-refractivity contribution in [1.82, 2.24) is 9.80 Å². The molecule has 2 aliphatic rings. The van der Waals surface area contributed by atoms with Crippen molar-refractivity contribution in [3.05, 3.63) is 13.3 Å². The molecule has 5 nitrogen and oxygen atoms in total. The van der Waals surface area contributed by atoms with Gasteiger partial charge in [-0.3, -0.25) is 16.6 Å². The molecular weight excluding hydrogens is 399 g/mol. The maximum atomic E-state index is 10.9. The van der Waals surface area contributed by atoms with Crippen LogP contribution in [0.1, 0.15) is 81.1 Å². The fourth-order valence-electron chi connectivity index (χ4n) is 4.42. The summed E-state index contributed by atoms with van der Waals surface area (Å²) in [4.78, 5) is 15.7. The minimum absolute atomic E-state index is 0.00352. The van der Waals surface area contributed by atoms with Crippen LogP contribution in [0.15, 0.2) is 0 Å². The van der Waals surface area contributed by atoms with Crippen LogP contribution in [0.4, 0.5) is 0 Å². The van der Waals surface area contributed by atoms with E-state index in [0.29, 0.717) is 11.1 Å². The molecule has 28 heavy (non-hydrogen) atoms. The maximum absolute atomic E-state index is 10.9. The van der Waals surface area contributed by atoms with Crippen LogP contribution in [-0.2, 0) is 29.1 Å². The molecule has 169 valence electrons. The van der Waals surface area contributed by atoms with Crippen LogP contribution < -0.4 is 0 Å². The summed E-state index contributed by atoms with van der Waals surface area (Å²) in [6, 6.07) is 0. The molecule has 0 aromatic heterocycles. The molecule has 2 fully saturated rings. The summed E-state index contributed by atoms with van der Waals surface area (Å²) in [6.45, 7) is 21.2. The predicted molar refractivity (Wildman–Crippen MR) is 111 cm³/mol. The fraction of sp³-hybridized carbons (Fsp3) is 0.864. The molecule has 2 rings (SSSR count). The van der Waals surface area contributed by atoms with Crippen LogP contribution in [0, 0.1) is 13.3 Å². The van der Waals surface area contributed by atoms with Gasteiger partial charge >= 0.3 is 19.5 Å². The third kappa shape index (κ3) is 7.43. The van der Waals surface area contributed by atoms with Gasteiger partial charge in [-0.2, -0.15) is 12.8 Å². The molecule has 0 radical (unpaired) electrons. The molecule has 2 aliphatic heterocycles. The molecule has 2 heterocycles. The number of hydrogen-bond donors (Lipinski definition) is 0. The molecule has 6 heteroatoms. The van der Waals surface area contributed by atoms with Gasteiger partial charge in [-0.25, -0.2) is 0 Å². The van der Waals surface area contributed by atoms with Crippen LogP contribution >= 0.6 is 0 Å². The topological polar surface area (TPSA) is 49.9 Å². The van der Waals surface area contributed by atoms with Crippen LogP contribution in [0.2, 0.25) is 0 Å². The first-order chi connectivity index (χ1) is 12.5. The minimum atomic E-state index is -0.420. The normalized spacial score (nSPS) is 26.1. The van der Waals surface area contributed by atoms with Gasteiger partial charge in [0.1, 0.15) is 6.10 Å². The van der Waals surface area contributed by atoms with Crippen molar-refractivity contribution >= 4 is 5.97 Å². The van der Waals surface area contributed by atoms with Crippen LogP contribution in [0.3, 0.4) is 0 Å². The number of hydrogen-bond acceptors (Lipinski definition) is 5. The fourth-order valence-corrected chi connectivity index (χ4v) is 4.42. The molecule has 0 bridgehead atoms. The van der Waals surface area contributed by atoms with Crippen LogP contribution in [-0.4, -0.2) is 58.1 Å². The summed E-state index contributed by atoms with van der Waals surface area (Å²) in [6.07, 6.45) is 6.58. The molecule has 2 saturated heterocycles. The Morgan fingerprint density at radius 2 is 1.18 bits per heavy atom. The summed E-state index contributed by atoms with van der Waals surface area (Å²) in [5.74, 6) is -0.420. The average molecular weight is 442 g/mol. The van der Waals surface area contributed by atoms with Crippen molar-refractivity contribution in [3.63, 3.8) is 0 Å². The first kappa shape index (κ1) is 27.6. The van der Waals surface area contributed by atoms with E-state index in [4.69, 9.17) is 8.60 Å². The number of carbonyl (C=O) groups is 1. The molecule has 0 aliphatic carbocycles. The van der Waals surface area contributed by atoms with E-state index in [1.165, 1.54) is 12.8 Å². The first-order valence-corrected chi connectivity index (χ1v) is 10.4. The van der Waals surface area contributed by atoms with Gasteiger partial charge in [-0.15, -0.1) is 0 Å². The van der Waals surface area contributed by atoms with Crippen molar-refractivity contribution in [3.8, 4) is 0 Å². The Balaban J connectivity index is 0.000000497. The van der Waals surface area contributed by atoms with Gasteiger partial charge in [0.25, 0.3) is 0 Å². The van der Waals surface area contributed by atoms with E-state index < -0.39 is 5.97 Å². The number of piperidine rings is 2. The Kier molecular flexibility index (Phi) is 9.89. The molecule has 0 N–H and O–H groups in total. The predicted octanol–water partition coefficient (Wildman–Crippen LogP) is 4.37. The zero-order valence-corrected chi connectivity index (χ0v) is 20.7. The molecular formula is C22H42CoN2O3-2. The Morgan fingerprint density at radius 3 is 1.46 bits per heavy atom. The van der Waals surface area contributed by atoms with E-state index in [0.717, 1.165) is 12.8 Å². The Morgan fingerprint density at radius 1 is 0.857 bits per heavy atom. The molecule has 0 atom stereocenters. The molecule has 0 amide bonds. The number of rotatable bonds is 1. The average Bonchev–Trinajstić information content (AvgIpc) is 2.51. The summed E-state index contributed by atoms with van der Waals surface area (Å²) >= 11 is 2.31. The number of esters is 1. The van der Waals surface area contributed by atoms with E-state index in [1.807, 2.05) is 0 Å². The Labute approximate surface area is 181 Å². The van der Waals surface area contributed by atoms with Crippen molar-refractivity contribution < 1.29 is 29.1 Å². The summed E-state index contributed by atoms with van der Waals surface area (Å²) in [5, 5.41) is 0. The summed E-state index contributed by atoms with van der Waals surface area (Å²) < 4.78 is 13.2. The third-order valence-corrected chi connectivity index (χ3v) is 6.67. The van der Waals surface area contributed by atoms with Crippen LogP contribution in [0.25, 0.3) is 0 Å². The van der Waals surface area contributed by atoms with Gasteiger partial charge in [-0.05, 0) is 80.6 Å². The molecule has 0 aromatic rings. The van der Waals surface area contributed by atoms with E-state index in [1.54, 1.807) is 0 Å². The van der Waals surface area contributed by atoms with Crippen molar-refractivity contribution in [2.75, 3.05) is 14.1 Å². The Hall–Kier alpha value is -0.434. The monoisotopic (exact) mass is 441 g/mol. The molecule has 0 aromatic carbocycles. The number of carbonyl (C=O) groups excluding carboxylic acids is 1. The number of likely N-dealkylation sites (tertiary alicyclic amines) is 2. The Bertz CT molecular complexity index is 484. The van der Waals surface area contributed by atoms with E-state index in [9.17, 15) is 4.79 Å². The number of ether oxygens (including phenoxy) is 1. The van der Waals surface area contributed by atoms with Crippen molar-refractivity contribution in [1.29, 1.82) is 0 Å². The molecule has 0 spiro atoms. The number of nitrogens with zero attached hydrogens (tertiary/aromatic N) is 2. The second kappa shape index (κ2) is 10.1. The first-order valence-electron chi connectivity index (χ1n) is 9.97. The molecule has 0 saturated carbocycles. The SMILES string of the molecule is CN1C(C)(C)C[CH-]CC1(C)C.[CH2-]C(=O)OC1CC(C)(C)N(C)C(C)(C)C1.[O]=[Co]. The van der Waals surface area contributed by atoms with Gasteiger partial charge in [0.15, 0.2) is 5.97 Å². The van der Waals surface area contributed by atoms with E-state index in [2.05, 4.69) is 108 Å². The van der Waals surface area contributed by atoms with Gasteiger partial charge in [0.05, 0.1) is 0 Å². The zero-order chi connectivity index (χ0) is 22.6. The molecule has 0 unspecified atom stereocenters. The van der Waals surface area contributed by atoms with E-state index >= 15 is 0 Å². The van der Waals surface area contributed by atoms with Gasteiger partial charge in [-0.1, -0.05) is 0 Å². The van der Waals surface area contributed by atoms with Crippen LogP contribution in [0.5, 0.6) is 0 Å². The van der Waals surface area contributed by atoms with Gasteiger partial charge < -0.3 is 16.1 Å². The van der Waals surface area contributed by atoms with Crippen molar-refractivity contribution in [2.45, 2.75) is 109 Å². The van der Waals surface area contributed by atoms with Gasteiger partial charge in [0.2, 0.25) is 0 Å². The van der Waals surface area contributed by atoms with Gasteiger partial charge in [0, 0.05) is 23.9 Å². The zero-order valence-electron chi connectivity index (χ0n) is 19.6. The summed E-state index contributed by atoms with van der Waals surface area (Å²) in [5.41, 5.74) is 0.813. The van der Waals surface area contributed by atoms with E-state index in [-0.39, 0.29) is 17.2 Å². The second-order valence-electron chi connectivity index (χ2n) is 10.6. The second-order valence-corrected chi connectivity index (χ2v) is 10.6. The quantitative estimate of drug-likeness (QED) is 0.447. The summed E-state index contributed by atoms with van der Waals surface area (Å²) in [7, 11) is 4.36. The third-order valence-electron chi connectivity index (χ3n) is 6.67.